The summed E-state index contributed by atoms with van der Waals surface area (Å²) in [5.74, 6) is 3.46. The summed E-state index contributed by atoms with van der Waals surface area (Å²) in [5.41, 5.74) is 0.352. The largest absolute Gasteiger partial charge is 0.396 e. The molecular weight excluding hydrogens is 332 g/mol. The summed E-state index contributed by atoms with van der Waals surface area (Å²) in [5, 5.41) is 21.8. The lowest BCUT2D eigenvalue weighted by molar-refractivity contribution is -0.182. The fraction of sp³-hybridized carbons (Fsp3) is 1.00. The Morgan fingerprint density at radius 2 is 1.74 bits per heavy atom. The van der Waals surface area contributed by atoms with Gasteiger partial charge >= 0.3 is 0 Å². The molecule has 156 valence electrons. The number of rotatable bonds is 5. The fourth-order valence-electron chi connectivity index (χ4n) is 8.72. The van der Waals surface area contributed by atoms with Gasteiger partial charge in [-0.05, 0) is 92.3 Å². The molecule has 0 bridgehead atoms. The van der Waals surface area contributed by atoms with E-state index < -0.39 is 5.60 Å². The van der Waals surface area contributed by atoms with E-state index in [0.717, 1.165) is 43.4 Å². The molecule has 4 aliphatic carbocycles. The molecule has 0 aromatic heterocycles. The Morgan fingerprint density at radius 3 is 2.48 bits per heavy atom. The van der Waals surface area contributed by atoms with Crippen molar-refractivity contribution in [3.05, 3.63) is 0 Å². The van der Waals surface area contributed by atoms with Crippen molar-refractivity contribution in [3.63, 3.8) is 0 Å². The molecule has 2 heteroatoms. The van der Waals surface area contributed by atoms with Crippen LogP contribution in [0.2, 0.25) is 0 Å². The Labute approximate surface area is 167 Å². The molecule has 2 N–H and O–H groups in total. The third kappa shape index (κ3) is 3.21. The minimum Gasteiger partial charge on any atom is -0.396 e. The van der Waals surface area contributed by atoms with Gasteiger partial charge in [0.05, 0.1) is 5.60 Å². The summed E-state index contributed by atoms with van der Waals surface area (Å²) in [4.78, 5) is 0. The monoisotopic (exact) mass is 376 g/mol. The zero-order chi connectivity index (χ0) is 19.3. The second-order valence-electron chi connectivity index (χ2n) is 11.6. The smallest absolute Gasteiger partial charge is 0.0700 e. The van der Waals surface area contributed by atoms with Gasteiger partial charge in [-0.15, -0.1) is 0 Å². The lowest BCUT2D eigenvalue weighted by atomic mass is 9.43. The van der Waals surface area contributed by atoms with Gasteiger partial charge in [0.25, 0.3) is 0 Å². The number of hydrogen-bond acceptors (Lipinski definition) is 2. The molecule has 4 saturated carbocycles. The van der Waals surface area contributed by atoms with Crippen molar-refractivity contribution in [2.45, 2.75) is 110 Å². The van der Waals surface area contributed by atoms with Crippen molar-refractivity contribution in [2.24, 2.45) is 40.4 Å². The quantitative estimate of drug-likeness (QED) is 0.582. The van der Waals surface area contributed by atoms with Crippen LogP contribution < -0.4 is 0 Å². The van der Waals surface area contributed by atoms with Gasteiger partial charge in [-0.25, -0.2) is 0 Å². The van der Waals surface area contributed by atoms with Crippen molar-refractivity contribution in [1.29, 1.82) is 0 Å². The van der Waals surface area contributed by atoms with E-state index >= 15 is 0 Å². The van der Waals surface area contributed by atoms with Gasteiger partial charge in [-0.2, -0.15) is 0 Å². The highest BCUT2D eigenvalue weighted by Gasteiger charge is 2.61. The molecule has 0 amide bonds. The molecule has 0 aromatic carbocycles. The van der Waals surface area contributed by atoms with Crippen molar-refractivity contribution in [2.75, 3.05) is 6.61 Å². The Kier molecular flexibility index (Phi) is 5.47. The van der Waals surface area contributed by atoms with Gasteiger partial charge in [0.15, 0.2) is 0 Å². The van der Waals surface area contributed by atoms with E-state index in [1.54, 1.807) is 0 Å². The van der Waals surface area contributed by atoms with Gasteiger partial charge in [-0.1, -0.05) is 46.5 Å². The maximum Gasteiger partial charge on any atom is 0.0700 e. The third-order valence-electron chi connectivity index (χ3n) is 10.3. The van der Waals surface area contributed by atoms with E-state index in [-0.39, 0.29) is 12.5 Å². The Bertz CT molecular complexity index is 532. The number of hydrogen-bond donors (Lipinski definition) is 2. The third-order valence-corrected chi connectivity index (χ3v) is 10.3. The molecule has 2 nitrogen and oxygen atoms in total. The molecule has 4 aliphatic rings. The van der Waals surface area contributed by atoms with E-state index in [2.05, 4.69) is 20.8 Å². The lowest BCUT2D eigenvalue weighted by Crippen LogP contribution is -2.59. The first-order valence-corrected chi connectivity index (χ1v) is 12.2. The van der Waals surface area contributed by atoms with E-state index in [9.17, 15) is 10.2 Å². The first kappa shape index (κ1) is 20.2. The number of aliphatic hydroxyl groups is 2. The highest BCUT2D eigenvalue weighted by Crippen LogP contribution is 2.67. The number of fused-ring (bicyclic) bond motifs is 5. The van der Waals surface area contributed by atoms with Crippen LogP contribution >= 0.6 is 0 Å². The van der Waals surface area contributed by atoms with Gasteiger partial charge < -0.3 is 10.2 Å². The summed E-state index contributed by atoms with van der Waals surface area (Å²) in [6, 6.07) is 0. The summed E-state index contributed by atoms with van der Waals surface area (Å²) >= 11 is 0. The van der Waals surface area contributed by atoms with Crippen LogP contribution in [0.15, 0.2) is 0 Å². The maximum atomic E-state index is 11.5. The van der Waals surface area contributed by atoms with Gasteiger partial charge in [0.2, 0.25) is 0 Å². The van der Waals surface area contributed by atoms with E-state index in [1.165, 1.54) is 57.8 Å². The molecule has 27 heavy (non-hydrogen) atoms. The van der Waals surface area contributed by atoms with Crippen molar-refractivity contribution in [3.8, 4) is 0 Å². The molecule has 0 heterocycles. The molecule has 0 aliphatic heterocycles. The average Bonchev–Trinajstić information content (AvgIpc) is 3.04. The number of aliphatic hydroxyl groups excluding tert-OH is 1. The fourth-order valence-corrected chi connectivity index (χ4v) is 8.72. The molecule has 0 radical (unpaired) electrons. The van der Waals surface area contributed by atoms with Crippen molar-refractivity contribution in [1.82, 2.24) is 0 Å². The van der Waals surface area contributed by atoms with Crippen LogP contribution in [0.25, 0.3) is 0 Å². The first-order chi connectivity index (χ1) is 12.9. The zero-order valence-electron chi connectivity index (χ0n) is 18.2. The zero-order valence-corrected chi connectivity index (χ0v) is 18.2. The highest BCUT2D eigenvalue weighted by atomic mass is 16.3. The average molecular weight is 377 g/mol. The van der Waals surface area contributed by atoms with Crippen LogP contribution in [0.5, 0.6) is 0 Å². The molecule has 4 fully saturated rings. The van der Waals surface area contributed by atoms with E-state index in [4.69, 9.17) is 0 Å². The molecule has 3 unspecified atom stereocenters. The second-order valence-corrected chi connectivity index (χ2v) is 11.6. The van der Waals surface area contributed by atoms with E-state index in [1.807, 2.05) is 0 Å². The predicted octanol–water partition coefficient (Wildman–Crippen LogP) is 5.95. The topological polar surface area (TPSA) is 40.5 Å². The van der Waals surface area contributed by atoms with Crippen LogP contribution in [0.1, 0.15) is 104 Å². The van der Waals surface area contributed by atoms with Crippen molar-refractivity contribution >= 4 is 0 Å². The maximum absolute atomic E-state index is 11.5. The van der Waals surface area contributed by atoms with Gasteiger partial charge in [-0.3, -0.25) is 0 Å². The SMILES string of the molecule is CCCCCC1(O)CC2CC[C@@H]3[C@@H](CC[C@]4(C)CCC[C@@H]34)[C@@]2(C)CC1CO. The molecule has 8 atom stereocenters. The molecule has 4 rings (SSSR count). The summed E-state index contributed by atoms with van der Waals surface area (Å²) < 4.78 is 0. The van der Waals surface area contributed by atoms with Crippen molar-refractivity contribution < 1.29 is 10.2 Å². The van der Waals surface area contributed by atoms with Crippen LogP contribution in [0.4, 0.5) is 0 Å². The Morgan fingerprint density at radius 1 is 0.926 bits per heavy atom. The standard InChI is InChI=1S/C25H44O2/c1-4-5-6-13-25(27)16-18-9-10-20-21-8-7-12-23(21,2)14-11-22(20)24(18,3)15-19(25)17-26/h18-22,26-27H,4-17H2,1-3H3/t18?,19?,20-,21-,22+,23-,24-,25?/m0/s1. The summed E-state index contributed by atoms with van der Waals surface area (Å²) in [6.07, 6.45) is 16.3. The summed E-state index contributed by atoms with van der Waals surface area (Å²) in [7, 11) is 0. The van der Waals surface area contributed by atoms with E-state index in [0.29, 0.717) is 16.7 Å². The first-order valence-electron chi connectivity index (χ1n) is 12.2. The Balaban J connectivity index is 1.55. The van der Waals surface area contributed by atoms with Gasteiger partial charge in [0, 0.05) is 12.5 Å². The number of unbranched alkanes of at least 4 members (excludes halogenated alkanes) is 2. The predicted molar refractivity (Wildman–Crippen MR) is 111 cm³/mol. The summed E-state index contributed by atoms with van der Waals surface area (Å²) in [6.45, 7) is 7.54. The molecule has 0 spiro atoms. The minimum atomic E-state index is -0.614. The molecule has 0 aromatic rings. The molecule has 0 saturated heterocycles. The Hall–Kier alpha value is -0.0800. The van der Waals surface area contributed by atoms with Crippen LogP contribution in [-0.2, 0) is 0 Å². The normalized spacial score (nSPS) is 52.1. The van der Waals surface area contributed by atoms with Crippen LogP contribution in [-0.4, -0.2) is 22.4 Å². The minimum absolute atomic E-state index is 0.0891. The van der Waals surface area contributed by atoms with Crippen LogP contribution in [0, 0.1) is 40.4 Å². The molecular formula is C25H44O2. The highest BCUT2D eigenvalue weighted by molar-refractivity contribution is 5.10. The van der Waals surface area contributed by atoms with Gasteiger partial charge in [0.1, 0.15) is 0 Å². The van der Waals surface area contributed by atoms with Crippen LogP contribution in [0.3, 0.4) is 0 Å². The second kappa shape index (κ2) is 7.31. The lowest BCUT2D eigenvalue weighted by Gasteiger charge is -2.63.